The molecule has 2 aromatic carbocycles. The molecule has 0 spiro atoms. The molecule has 98 valence electrons. The van der Waals surface area contributed by atoms with E-state index in [1.54, 1.807) is 13.8 Å². The highest BCUT2D eigenvalue weighted by Gasteiger charge is 1.95. The number of aldehydes is 1. The van der Waals surface area contributed by atoms with Crippen molar-refractivity contribution in [1.29, 1.82) is 0 Å². The molecule has 3 nitrogen and oxygen atoms in total. The number of rotatable bonds is 2. The summed E-state index contributed by atoms with van der Waals surface area (Å²) in [7, 11) is 0. The van der Waals surface area contributed by atoms with Gasteiger partial charge < -0.3 is 5.21 Å². The second-order valence-electron chi connectivity index (χ2n) is 4.15. The minimum atomic E-state index is 0.685. The molecule has 3 heteroatoms. The Morgan fingerprint density at radius 1 is 0.947 bits per heavy atom. The van der Waals surface area contributed by atoms with E-state index in [1.807, 2.05) is 42.5 Å². The van der Waals surface area contributed by atoms with Crippen LogP contribution in [0, 0.1) is 0 Å². The lowest BCUT2D eigenvalue weighted by Crippen LogP contribution is -1.80. The van der Waals surface area contributed by atoms with E-state index in [2.05, 4.69) is 17.3 Å². The van der Waals surface area contributed by atoms with E-state index in [-0.39, 0.29) is 0 Å². The average molecular weight is 255 g/mol. The first-order valence-corrected chi connectivity index (χ1v) is 5.93. The predicted octanol–water partition coefficient (Wildman–Crippen LogP) is 4.02. The molecule has 0 radical (unpaired) electrons. The molecule has 0 saturated carbocycles. The van der Waals surface area contributed by atoms with E-state index < -0.39 is 0 Å². The van der Waals surface area contributed by atoms with E-state index in [0.717, 1.165) is 11.8 Å². The van der Waals surface area contributed by atoms with Crippen LogP contribution in [0.1, 0.15) is 24.2 Å². The highest BCUT2D eigenvalue weighted by atomic mass is 16.4. The Morgan fingerprint density at radius 2 is 1.42 bits per heavy atom. The Labute approximate surface area is 113 Å². The number of hydrogen-bond donors (Lipinski definition) is 1. The van der Waals surface area contributed by atoms with Crippen molar-refractivity contribution < 1.29 is 10.0 Å². The van der Waals surface area contributed by atoms with Gasteiger partial charge >= 0.3 is 0 Å². The molecule has 19 heavy (non-hydrogen) atoms. The summed E-state index contributed by atoms with van der Waals surface area (Å²) < 4.78 is 0. The van der Waals surface area contributed by atoms with Crippen LogP contribution < -0.4 is 0 Å². The van der Waals surface area contributed by atoms with Crippen LogP contribution in [0.2, 0.25) is 0 Å². The lowest BCUT2D eigenvalue weighted by atomic mass is 10.0. The van der Waals surface area contributed by atoms with Gasteiger partial charge in [0.25, 0.3) is 0 Å². The smallest absolute Gasteiger partial charge is 0.150 e. The van der Waals surface area contributed by atoms with Gasteiger partial charge in [0, 0.05) is 5.56 Å². The number of carbonyl (C=O) groups excluding carboxylic acids is 1. The summed E-state index contributed by atoms with van der Waals surface area (Å²) in [6.07, 6.45) is 0.856. The maximum absolute atomic E-state index is 10.5. The maximum Gasteiger partial charge on any atom is 0.150 e. The molecule has 0 aliphatic heterocycles. The normalized spacial score (nSPS) is 8.95. The molecule has 2 rings (SSSR count). The quantitative estimate of drug-likeness (QED) is 0.381. The summed E-state index contributed by atoms with van der Waals surface area (Å²) in [5.41, 5.74) is 3.70. The van der Waals surface area contributed by atoms with Crippen molar-refractivity contribution in [2.24, 2.45) is 5.16 Å². The predicted molar refractivity (Wildman–Crippen MR) is 77.8 cm³/mol. The molecule has 0 aliphatic rings. The van der Waals surface area contributed by atoms with Crippen molar-refractivity contribution in [3.05, 3.63) is 60.2 Å². The number of carbonyl (C=O) groups is 1. The first-order valence-electron chi connectivity index (χ1n) is 5.93. The third-order valence-electron chi connectivity index (χ3n) is 2.35. The third-order valence-corrected chi connectivity index (χ3v) is 2.35. The van der Waals surface area contributed by atoms with Gasteiger partial charge in [0.1, 0.15) is 6.29 Å². The van der Waals surface area contributed by atoms with Crippen molar-refractivity contribution in [3.63, 3.8) is 0 Å². The van der Waals surface area contributed by atoms with Gasteiger partial charge in [-0.25, -0.2) is 0 Å². The molecular weight excluding hydrogens is 238 g/mol. The molecule has 0 unspecified atom stereocenters. The number of hydrogen-bond acceptors (Lipinski definition) is 3. The van der Waals surface area contributed by atoms with Crippen LogP contribution in [0.15, 0.2) is 59.8 Å². The van der Waals surface area contributed by atoms with Crippen molar-refractivity contribution in [1.82, 2.24) is 0 Å². The molecule has 0 bridgehead atoms. The standard InChI is InChI=1S/C13H10O.C3H7NO/c14-10-11-6-8-13(9-7-11)12-4-2-1-3-5-12;1-3(2)4-5/h1-10H;5H,1-2H3. The van der Waals surface area contributed by atoms with Crippen LogP contribution in [-0.4, -0.2) is 17.2 Å². The van der Waals surface area contributed by atoms with E-state index in [1.165, 1.54) is 5.56 Å². The van der Waals surface area contributed by atoms with Gasteiger partial charge in [-0.1, -0.05) is 59.8 Å². The van der Waals surface area contributed by atoms with Crippen molar-refractivity contribution in [2.75, 3.05) is 0 Å². The fourth-order valence-corrected chi connectivity index (χ4v) is 1.38. The summed E-state index contributed by atoms with van der Waals surface area (Å²) >= 11 is 0. The molecule has 0 fully saturated rings. The van der Waals surface area contributed by atoms with Crippen LogP contribution in [0.4, 0.5) is 0 Å². The lowest BCUT2D eigenvalue weighted by Gasteiger charge is -2.00. The summed E-state index contributed by atoms with van der Waals surface area (Å²) in [6, 6.07) is 17.7. The second-order valence-corrected chi connectivity index (χ2v) is 4.15. The Hall–Kier alpha value is -2.42. The van der Waals surface area contributed by atoms with Crippen LogP contribution in [-0.2, 0) is 0 Å². The molecular formula is C16H17NO2. The zero-order valence-corrected chi connectivity index (χ0v) is 11.1. The Morgan fingerprint density at radius 3 is 1.84 bits per heavy atom. The zero-order valence-electron chi connectivity index (χ0n) is 11.1. The highest BCUT2D eigenvalue weighted by Crippen LogP contribution is 2.18. The van der Waals surface area contributed by atoms with E-state index in [9.17, 15) is 4.79 Å². The first kappa shape index (κ1) is 14.6. The Balaban J connectivity index is 0.000000312. The van der Waals surface area contributed by atoms with E-state index >= 15 is 0 Å². The molecule has 2 aromatic rings. The van der Waals surface area contributed by atoms with E-state index in [4.69, 9.17) is 5.21 Å². The van der Waals surface area contributed by atoms with Crippen LogP contribution >= 0.6 is 0 Å². The minimum absolute atomic E-state index is 0.685. The minimum Gasteiger partial charge on any atom is -0.411 e. The van der Waals surface area contributed by atoms with Gasteiger partial charge in [-0.3, -0.25) is 4.79 Å². The third kappa shape index (κ3) is 5.17. The Kier molecular flexibility index (Phi) is 6.03. The zero-order chi connectivity index (χ0) is 14.1. The average Bonchev–Trinajstić information content (AvgIpc) is 2.49. The highest BCUT2D eigenvalue weighted by molar-refractivity contribution is 5.78. The van der Waals surface area contributed by atoms with Gasteiger partial charge in [-0.2, -0.15) is 0 Å². The topological polar surface area (TPSA) is 49.7 Å². The van der Waals surface area contributed by atoms with Crippen LogP contribution in [0.25, 0.3) is 11.1 Å². The molecule has 0 amide bonds. The molecule has 0 atom stereocenters. The van der Waals surface area contributed by atoms with Crippen LogP contribution in [0.3, 0.4) is 0 Å². The maximum atomic E-state index is 10.5. The van der Waals surface area contributed by atoms with Crippen molar-refractivity contribution in [3.8, 4) is 11.1 Å². The van der Waals surface area contributed by atoms with Gasteiger partial charge in [0.05, 0.1) is 5.71 Å². The fraction of sp³-hybridized carbons (Fsp3) is 0.125. The summed E-state index contributed by atoms with van der Waals surface area (Å²) in [6.45, 7) is 3.44. The largest absolute Gasteiger partial charge is 0.411 e. The van der Waals surface area contributed by atoms with Gasteiger partial charge in [-0.15, -0.1) is 0 Å². The Bertz CT molecular complexity index is 526. The molecule has 0 aromatic heterocycles. The van der Waals surface area contributed by atoms with Gasteiger partial charge in [0.2, 0.25) is 0 Å². The molecule has 1 N–H and O–H groups in total. The molecule has 0 saturated heterocycles. The summed E-state index contributed by atoms with van der Waals surface area (Å²) in [5.74, 6) is 0. The monoisotopic (exact) mass is 255 g/mol. The number of oxime groups is 1. The lowest BCUT2D eigenvalue weighted by molar-refractivity contribution is 0.112. The van der Waals surface area contributed by atoms with Crippen molar-refractivity contribution in [2.45, 2.75) is 13.8 Å². The van der Waals surface area contributed by atoms with Gasteiger partial charge in [0.15, 0.2) is 0 Å². The van der Waals surface area contributed by atoms with Crippen molar-refractivity contribution >= 4 is 12.0 Å². The first-order chi connectivity index (χ1) is 9.17. The fourth-order valence-electron chi connectivity index (χ4n) is 1.38. The number of nitrogens with zero attached hydrogens (tertiary/aromatic N) is 1. The summed E-state index contributed by atoms with van der Waals surface area (Å²) in [4.78, 5) is 10.5. The molecule has 0 aliphatic carbocycles. The van der Waals surface area contributed by atoms with Gasteiger partial charge in [-0.05, 0) is 25.0 Å². The summed E-state index contributed by atoms with van der Waals surface area (Å²) in [5, 5.41) is 10.5. The number of benzene rings is 2. The van der Waals surface area contributed by atoms with Crippen LogP contribution in [0.5, 0.6) is 0 Å². The molecule has 0 heterocycles. The van der Waals surface area contributed by atoms with E-state index in [0.29, 0.717) is 11.3 Å². The SMILES string of the molecule is CC(C)=NO.O=Cc1ccc(-c2ccccc2)cc1. The second kappa shape index (κ2) is 7.82.